The zero-order valence-electron chi connectivity index (χ0n) is 14.7. The summed E-state index contributed by atoms with van der Waals surface area (Å²) in [5.74, 6) is -0.954. The molecule has 3 rings (SSSR count). The molecule has 2 unspecified atom stereocenters. The van der Waals surface area contributed by atoms with Crippen LogP contribution in [0.1, 0.15) is 6.42 Å². The molecule has 0 bridgehead atoms. The van der Waals surface area contributed by atoms with Gasteiger partial charge in [0.1, 0.15) is 17.3 Å². The third-order valence-corrected chi connectivity index (χ3v) is 4.61. The van der Waals surface area contributed by atoms with Crippen LogP contribution in [-0.4, -0.2) is 26.0 Å². The minimum Gasteiger partial charge on any atom is -0.497 e. The highest BCUT2D eigenvalue weighted by atomic mass is 35.5. The van der Waals surface area contributed by atoms with E-state index in [1.807, 2.05) is 0 Å². The second-order valence-corrected chi connectivity index (χ2v) is 6.53. The first-order valence-electron chi connectivity index (χ1n) is 8.21. The van der Waals surface area contributed by atoms with E-state index in [-0.39, 0.29) is 16.8 Å². The molecule has 0 radical (unpaired) electrons. The van der Waals surface area contributed by atoms with Crippen LogP contribution < -0.4 is 20.1 Å². The molecular weight excluding hydrogens is 375 g/mol. The lowest BCUT2D eigenvalue weighted by Gasteiger charge is -2.11. The van der Waals surface area contributed by atoms with E-state index in [9.17, 15) is 14.0 Å². The molecule has 2 amide bonds. The fourth-order valence-corrected chi connectivity index (χ4v) is 2.89. The summed E-state index contributed by atoms with van der Waals surface area (Å²) in [7, 11) is 3.03. The topological polar surface area (TPSA) is 76.7 Å². The summed E-state index contributed by atoms with van der Waals surface area (Å²) >= 11 is 5.70. The molecule has 0 saturated heterocycles. The number of rotatable bonds is 6. The van der Waals surface area contributed by atoms with Crippen LogP contribution in [0.3, 0.4) is 0 Å². The molecule has 0 heterocycles. The van der Waals surface area contributed by atoms with Crippen molar-refractivity contribution in [3.8, 4) is 11.5 Å². The number of amides is 2. The van der Waals surface area contributed by atoms with Crippen LogP contribution in [0.15, 0.2) is 36.4 Å². The van der Waals surface area contributed by atoms with Gasteiger partial charge in [0.05, 0.1) is 36.8 Å². The Morgan fingerprint density at radius 2 is 1.74 bits per heavy atom. The van der Waals surface area contributed by atoms with Gasteiger partial charge in [-0.1, -0.05) is 11.6 Å². The molecule has 1 aliphatic rings. The molecule has 2 aromatic carbocycles. The van der Waals surface area contributed by atoms with Gasteiger partial charge in [-0.15, -0.1) is 0 Å². The molecule has 6 nitrogen and oxygen atoms in total. The van der Waals surface area contributed by atoms with Crippen molar-refractivity contribution in [3.63, 3.8) is 0 Å². The molecular formula is C19H18ClFN2O4. The van der Waals surface area contributed by atoms with Crippen molar-refractivity contribution >= 4 is 34.8 Å². The number of ether oxygens (including phenoxy) is 2. The summed E-state index contributed by atoms with van der Waals surface area (Å²) in [6.45, 7) is 0. The Balaban J connectivity index is 1.60. The molecule has 1 saturated carbocycles. The van der Waals surface area contributed by atoms with Gasteiger partial charge in [0, 0.05) is 11.8 Å². The molecule has 2 atom stereocenters. The zero-order valence-corrected chi connectivity index (χ0v) is 15.5. The van der Waals surface area contributed by atoms with Crippen LogP contribution in [0, 0.1) is 17.7 Å². The van der Waals surface area contributed by atoms with Gasteiger partial charge >= 0.3 is 0 Å². The summed E-state index contributed by atoms with van der Waals surface area (Å²) in [6, 6.07) is 8.95. The van der Waals surface area contributed by atoms with E-state index in [1.165, 1.54) is 32.4 Å². The van der Waals surface area contributed by atoms with E-state index in [2.05, 4.69) is 10.6 Å². The van der Waals surface area contributed by atoms with Gasteiger partial charge in [0.15, 0.2) is 0 Å². The zero-order chi connectivity index (χ0) is 19.6. The standard InChI is InChI=1S/C19H18ClFN2O4/c1-26-11-4-6-16(17(8-11)27-2)23-19(25)13-9-12(13)18(24)22-10-3-5-15(21)14(20)7-10/h3-8,12-13H,9H2,1-2H3,(H,22,24)(H,23,25). The first kappa shape index (κ1) is 19.0. The average molecular weight is 393 g/mol. The Bertz CT molecular complexity index is 890. The molecule has 1 fully saturated rings. The number of carbonyl (C=O) groups excluding carboxylic acids is 2. The predicted octanol–water partition coefficient (Wildman–Crippen LogP) is 3.71. The van der Waals surface area contributed by atoms with E-state index in [0.29, 0.717) is 29.3 Å². The van der Waals surface area contributed by atoms with Crippen molar-refractivity contribution in [2.24, 2.45) is 11.8 Å². The fraction of sp³-hybridized carbons (Fsp3) is 0.263. The lowest BCUT2D eigenvalue weighted by Crippen LogP contribution is -2.20. The number of carbonyl (C=O) groups is 2. The molecule has 142 valence electrons. The SMILES string of the molecule is COc1ccc(NC(=O)C2CC2C(=O)Nc2ccc(F)c(Cl)c2)c(OC)c1. The average Bonchev–Trinajstić information content (AvgIpc) is 3.46. The Hall–Kier alpha value is -2.80. The van der Waals surface area contributed by atoms with Crippen molar-refractivity contribution in [1.29, 1.82) is 0 Å². The van der Waals surface area contributed by atoms with E-state index in [4.69, 9.17) is 21.1 Å². The predicted molar refractivity (Wildman–Crippen MR) is 99.8 cm³/mol. The van der Waals surface area contributed by atoms with Crippen LogP contribution in [0.4, 0.5) is 15.8 Å². The number of nitrogens with one attached hydrogen (secondary N) is 2. The maximum atomic E-state index is 13.2. The molecule has 2 aromatic rings. The number of hydrogen-bond donors (Lipinski definition) is 2. The van der Waals surface area contributed by atoms with Crippen LogP contribution in [-0.2, 0) is 9.59 Å². The molecule has 0 aromatic heterocycles. The highest BCUT2D eigenvalue weighted by Gasteiger charge is 2.48. The highest BCUT2D eigenvalue weighted by molar-refractivity contribution is 6.31. The summed E-state index contributed by atoms with van der Waals surface area (Å²) in [5, 5.41) is 5.34. The summed E-state index contributed by atoms with van der Waals surface area (Å²) in [6.07, 6.45) is 0.436. The Morgan fingerprint density at radius 1 is 1.04 bits per heavy atom. The first-order chi connectivity index (χ1) is 12.9. The molecule has 0 spiro atoms. The quantitative estimate of drug-likeness (QED) is 0.785. The molecule has 0 aliphatic heterocycles. The minimum absolute atomic E-state index is 0.0792. The van der Waals surface area contributed by atoms with Crippen LogP contribution in [0.2, 0.25) is 5.02 Å². The van der Waals surface area contributed by atoms with Crippen LogP contribution in [0.25, 0.3) is 0 Å². The van der Waals surface area contributed by atoms with Crippen molar-refractivity contribution in [2.75, 3.05) is 24.9 Å². The summed E-state index contributed by atoms with van der Waals surface area (Å²) in [4.78, 5) is 24.7. The molecule has 27 heavy (non-hydrogen) atoms. The molecule has 2 N–H and O–H groups in total. The van der Waals surface area contributed by atoms with Gasteiger partial charge in [0.2, 0.25) is 11.8 Å². The van der Waals surface area contributed by atoms with Crippen molar-refractivity contribution in [2.45, 2.75) is 6.42 Å². The number of anilines is 2. The van der Waals surface area contributed by atoms with Gasteiger partial charge < -0.3 is 20.1 Å². The van der Waals surface area contributed by atoms with Gasteiger partial charge in [0.25, 0.3) is 0 Å². The summed E-state index contributed by atoms with van der Waals surface area (Å²) < 4.78 is 23.5. The van der Waals surface area contributed by atoms with Crippen molar-refractivity contribution < 1.29 is 23.5 Å². The van der Waals surface area contributed by atoms with Crippen molar-refractivity contribution in [3.05, 3.63) is 47.2 Å². The van der Waals surface area contributed by atoms with Gasteiger partial charge in [-0.3, -0.25) is 9.59 Å². The number of methoxy groups -OCH3 is 2. The normalized spacial score (nSPS) is 17.8. The number of hydrogen-bond acceptors (Lipinski definition) is 4. The monoisotopic (exact) mass is 392 g/mol. The Labute approximate surface area is 160 Å². The number of benzene rings is 2. The van der Waals surface area contributed by atoms with Gasteiger partial charge in [-0.05, 0) is 36.8 Å². The van der Waals surface area contributed by atoms with Gasteiger partial charge in [-0.2, -0.15) is 0 Å². The largest absolute Gasteiger partial charge is 0.497 e. The Morgan fingerprint density at radius 3 is 2.37 bits per heavy atom. The van der Waals surface area contributed by atoms with E-state index >= 15 is 0 Å². The lowest BCUT2D eigenvalue weighted by molar-refractivity contribution is -0.122. The molecule has 1 aliphatic carbocycles. The summed E-state index contributed by atoms with van der Waals surface area (Å²) in [5.41, 5.74) is 0.883. The number of halogens is 2. The van der Waals surface area contributed by atoms with E-state index in [1.54, 1.807) is 18.2 Å². The fourth-order valence-electron chi connectivity index (χ4n) is 2.71. The van der Waals surface area contributed by atoms with Crippen molar-refractivity contribution in [1.82, 2.24) is 0 Å². The second kappa shape index (κ2) is 7.84. The molecule has 8 heteroatoms. The Kier molecular flexibility index (Phi) is 5.51. The third kappa shape index (κ3) is 4.31. The van der Waals surface area contributed by atoms with Gasteiger partial charge in [-0.25, -0.2) is 4.39 Å². The lowest BCUT2D eigenvalue weighted by atomic mass is 10.2. The van der Waals surface area contributed by atoms with Crippen LogP contribution in [0.5, 0.6) is 11.5 Å². The highest BCUT2D eigenvalue weighted by Crippen LogP contribution is 2.41. The van der Waals surface area contributed by atoms with Crippen LogP contribution >= 0.6 is 11.6 Å². The first-order valence-corrected chi connectivity index (χ1v) is 8.59. The smallest absolute Gasteiger partial charge is 0.228 e. The van der Waals surface area contributed by atoms with E-state index in [0.717, 1.165) is 0 Å². The maximum Gasteiger partial charge on any atom is 0.228 e. The second-order valence-electron chi connectivity index (χ2n) is 6.12. The van der Waals surface area contributed by atoms with E-state index < -0.39 is 17.7 Å². The minimum atomic E-state index is -0.563. The maximum absolute atomic E-state index is 13.2. The third-order valence-electron chi connectivity index (χ3n) is 4.32.